The molecular formula is C12H17N3. The van der Waals surface area contributed by atoms with Crippen LogP contribution in [0.2, 0.25) is 0 Å². The first-order chi connectivity index (χ1) is 7.15. The highest BCUT2D eigenvalue weighted by Crippen LogP contribution is 2.22. The predicted octanol–water partition coefficient (Wildman–Crippen LogP) is 2.78. The lowest BCUT2D eigenvalue weighted by Gasteiger charge is -2.15. The van der Waals surface area contributed by atoms with Gasteiger partial charge in [-0.05, 0) is 18.6 Å². The minimum atomic E-state index is 0.230. The highest BCUT2D eigenvalue weighted by Gasteiger charge is 2.03. The van der Waals surface area contributed by atoms with Crippen molar-refractivity contribution in [3.63, 3.8) is 0 Å². The van der Waals surface area contributed by atoms with Crippen molar-refractivity contribution < 1.29 is 0 Å². The molecule has 0 atom stereocenters. The minimum absolute atomic E-state index is 0.230. The maximum absolute atomic E-state index is 9.58. The quantitative estimate of drug-likeness (QED) is 0.550. The molecule has 2 radical (unpaired) electrons. The first-order valence-electron chi connectivity index (χ1n) is 5.18. The lowest BCUT2D eigenvalue weighted by molar-refractivity contribution is 0.601. The molecule has 0 unspecified atom stereocenters. The Morgan fingerprint density at radius 2 is 2.00 bits per heavy atom. The van der Waals surface area contributed by atoms with E-state index >= 15 is 0 Å². The molecule has 0 amide bonds. The van der Waals surface area contributed by atoms with Gasteiger partial charge in [-0.3, -0.25) is 0 Å². The average Bonchev–Trinajstić information content (AvgIpc) is 2.20. The van der Waals surface area contributed by atoms with Crippen molar-refractivity contribution in [1.82, 2.24) is 10.6 Å². The third-order valence-corrected chi connectivity index (χ3v) is 2.12. The number of amidine groups is 1. The minimum Gasteiger partial charge on any atom is -0.366 e. The zero-order chi connectivity index (χ0) is 11.3. The number of aliphatic imine (C=N–C) groups is 1. The van der Waals surface area contributed by atoms with E-state index in [1.165, 1.54) is 0 Å². The van der Waals surface area contributed by atoms with Crippen molar-refractivity contribution in [2.75, 3.05) is 14.1 Å². The Balaban J connectivity index is 2.97. The molecule has 1 aromatic rings. The molecule has 1 rings (SSSR count). The van der Waals surface area contributed by atoms with Crippen LogP contribution in [0.1, 0.15) is 19.8 Å². The molecular weight excluding hydrogens is 186 g/mol. The molecule has 0 aromatic heterocycles. The smallest absolute Gasteiger partial charge is 0.111 e. The fraction of sp³-hybridized carbons (Fsp3) is 0.417. The number of para-hydroxylation sites is 1. The van der Waals surface area contributed by atoms with E-state index in [9.17, 15) is 5.73 Å². The van der Waals surface area contributed by atoms with Crippen LogP contribution in [-0.2, 0) is 0 Å². The first kappa shape index (κ1) is 11.6. The van der Waals surface area contributed by atoms with Gasteiger partial charge in [0.15, 0.2) is 0 Å². The number of nitrogens with zero attached hydrogens (tertiary/aromatic N) is 3. The molecule has 1 aromatic carbocycles. The van der Waals surface area contributed by atoms with E-state index < -0.39 is 0 Å². The zero-order valence-electron chi connectivity index (χ0n) is 9.57. The fourth-order valence-electron chi connectivity index (χ4n) is 1.30. The average molecular weight is 203 g/mol. The second-order valence-electron chi connectivity index (χ2n) is 3.66. The van der Waals surface area contributed by atoms with Crippen LogP contribution in [0.5, 0.6) is 0 Å². The summed E-state index contributed by atoms with van der Waals surface area (Å²) in [6.45, 7) is 2.11. The summed E-state index contributed by atoms with van der Waals surface area (Å²) in [5.41, 5.74) is 10.4. The molecule has 0 fully saturated rings. The van der Waals surface area contributed by atoms with E-state index in [1.54, 1.807) is 12.1 Å². The van der Waals surface area contributed by atoms with E-state index in [1.807, 2.05) is 31.1 Å². The molecule has 80 valence electrons. The van der Waals surface area contributed by atoms with Gasteiger partial charge in [-0.2, -0.15) is 0 Å². The van der Waals surface area contributed by atoms with E-state index in [2.05, 4.69) is 11.9 Å². The van der Waals surface area contributed by atoms with Crippen molar-refractivity contribution in [2.24, 2.45) is 4.99 Å². The maximum Gasteiger partial charge on any atom is 0.111 e. The van der Waals surface area contributed by atoms with Gasteiger partial charge in [0.25, 0.3) is 0 Å². The van der Waals surface area contributed by atoms with Gasteiger partial charge in [-0.15, -0.1) is 5.73 Å². The number of rotatable bonds is 3. The molecule has 0 bridgehead atoms. The molecule has 15 heavy (non-hydrogen) atoms. The summed E-state index contributed by atoms with van der Waals surface area (Å²) in [7, 11) is 3.93. The lowest BCUT2D eigenvalue weighted by atomic mass is 10.2. The Kier molecular flexibility index (Phi) is 4.16. The first-order valence-corrected chi connectivity index (χ1v) is 5.18. The summed E-state index contributed by atoms with van der Waals surface area (Å²) in [5, 5.41) is 0. The monoisotopic (exact) mass is 203 g/mol. The summed E-state index contributed by atoms with van der Waals surface area (Å²) >= 11 is 0. The van der Waals surface area contributed by atoms with Crippen molar-refractivity contribution >= 4 is 17.2 Å². The van der Waals surface area contributed by atoms with Crippen LogP contribution in [0.25, 0.3) is 0 Å². The maximum atomic E-state index is 9.58. The van der Waals surface area contributed by atoms with Gasteiger partial charge in [0.05, 0.1) is 5.69 Å². The summed E-state index contributed by atoms with van der Waals surface area (Å²) in [5.74, 6) is 0.985. The summed E-state index contributed by atoms with van der Waals surface area (Å²) in [4.78, 5) is 6.42. The Bertz CT molecular complexity index is 342. The van der Waals surface area contributed by atoms with Crippen molar-refractivity contribution in [1.29, 1.82) is 0 Å². The van der Waals surface area contributed by atoms with Crippen LogP contribution in [0.4, 0.5) is 11.4 Å². The van der Waals surface area contributed by atoms with E-state index in [0.29, 0.717) is 5.69 Å². The van der Waals surface area contributed by atoms with Crippen molar-refractivity contribution in [3.05, 3.63) is 24.3 Å². The predicted molar refractivity (Wildman–Crippen MR) is 63.9 cm³/mol. The second-order valence-corrected chi connectivity index (χ2v) is 3.66. The molecule has 0 saturated heterocycles. The zero-order valence-corrected chi connectivity index (χ0v) is 9.57. The molecule has 0 aliphatic heterocycles. The Morgan fingerprint density at radius 1 is 1.33 bits per heavy atom. The van der Waals surface area contributed by atoms with Crippen LogP contribution in [0.15, 0.2) is 29.3 Å². The molecule has 0 aliphatic carbocycles. The van der Waals surface area contributed by atoms with Crippen molar-refractivity contribution in [3.8, 4) is 0 Å². The third kappa shape index (κ3) is 3.27. The van der Waals surface area contributed by atoms with E-state index in [-0.39, 0.29) is 5.69 Å². The highest BCUT2D eigenvalue weighted by molar-refractivity contribution is 5.85. The molecule has 0 aliphatic rings. The summed E-state index contributed by atoms with van der Waals surface area (Å²) < 4.78 is 0. The molecule has 0 saturated carbocycles. The van der Waals surface area contributed by atoms with Gasteiger partial charge in [0.1, 0.15) is 11.5 Å². The van der Waals surface area contributed by atoms with E-state index in [0.717, 1.165) is 18.7 Å². The van der Waals surface area contributed by atoms with Gasteiger partial charge in [0, 0.05) is 20.5 Å². The summed E-state index contributed by atoms with van der Waals surface area (Å²) in [6.07, 6.45) is 1.96. The highest BCUT2D eigenvalue weighted by atomic mass is 15.1. The normalized spacial score (nSPS) is 11.5. The van der Waals surface area contributed by atoms with Crippen molar-refractivity contribution in [2.45, 2.75) is 19.8 Å². The standard InChI is InChI=1S/C12H17N3/c1-4-7-12(15(2)3)14-11-9-6-5-8-10(11)13/h5-6,8-9H,4,7H2,1-3H3. The van der Waals surface area contributed by atoms with Crippen LogP contribution in [0.3, 0.4) is 0 Å². The molecule has 3 nitrogen and oxygen atoms in total. The number of hydrogen-bond donors (Lipinski definition) is 0. The van der Waals surface area contributed by atoms with E-state index in [4.69, 9.17) is 0 Å². The fourth-order valence-corrected chi connectivity index (χ4v) is 1.30. The van der Waals surface area contributed by atoms with Gasteiger partial charge in [-0.1, -0.05) is 19.1 Å². The molecule has 0 heterocycles. The summed E-state index contributed by atoms with van der Waals surface area (Å²) in [6, 6.07) is 7.13. The van der Waals surface area contributed by atoms with Crippen LogP contribution >= 0.6 is 0 Å². The lowest BCUT2D eigenvalue weighted by Crippen LogP contribution is -2.21. The van der Waals surface area contributed by atoms with Gasteiger partial charge in [0.2, 0.25) is 0 Å². The van der Waals surface area contributed by atoms with Crippen LogP contribution < -0.4 is 5.73 Å². The second kappa shape index (κ2) is 5.39. The Morgan fingerprint density at radius 3 is 2.53 bits per heavy atom. The number of benzene rings is 1. The molecule has 3 heteroatoms. The Labute approximate surface area is 91.6 Å². The number of hydrogen-bond acceptors (Lipinski definition) is 1. The molecule has 0 spiro atoms. The SMILES string of the molecule is CCCC(=Nc1ccccc1[N])N(C)C. The molecule has 0 N–H and O–H groups in total. The largest absolute Gasteiger partial charge is 0.366 e. The van der Waals surface area contributed by atoms with Gasteiger partial charge in [-0.25, -0.2) is 4.99 Å². The Hall–Kier alpha value is -1.51. The topological polar surface area (TPSA) is 37.9 Å². The van der Waals surface area contributed by atoms with Gasteiger partial charge < -0.3 is 4.90 Å². The third-order valence-electron chi connectivity index (χ3n) is 2.12. The van der Waals surface area contributed by atoms with Crippen LogP contribution in [0, 0.1) is 0 Å². The van der Waals surface area contributed by atoms with Gasteiger partial charge >= 0.3 is 0 Å². The van der Waals surface area contributed by atoms with Crippen LogP contribution in [-0.4, -0.2) is 24.8 Å².